The molecule has 0 radical (unpaired) electrons. The molecule has 116 valence electrons. The van der Waals surface area contributed by atoms with Crippen LogP contribution in [-0.4, -0.2) is 16.9 Å². The number of pyridine rings is 1. The number of ether oxygens (including phenoxy) is 1. The lowest BCUT2D eigenvalue weighted by molar-refractivity contribution is 0.104. The minimum Gasteiger partial charge on any atom is -0.489 e. The maximum Gasteiger partial charge on any atom is 0.195 e. The van der Waals surface area contributed by atoms with Crippen molar-refractivity contribution in [3.8, 4) is 5.75 Å². The van der Waals surface area contributed by atoms with Gasteiger partial charge in [0.15, 0.2) is 5.78 Å². The predicted molar refractivity (Wildman–Crippen MR) is 91.8 cm³/mol. The summed E-state index contributed by atoms with van der Waals surface area (Å²) in [5.41, 5.74) is 8.16. The van der Waals surface area contributed by atoms with Gasteiger partial charge in [0.2, 0.25) is 0 Å². The monoisotopic (exact) mass is 306 g/mol. The van der Waals surface area contributed by atoms with Crippen LogP contribution in [-0.2, 0) is 0 Å². The third-order valence-corrected chi connectivity index (χ3v) is 3.55. The van der Waals surface area contributed by atoms with Gasteiger partial charge in [-0.15, -0.1) is 0 Å². The SMILES string of the molecule is CC(C)Oc1ccc(C(=O)c2ccccc2N)c2cccnc12. The second-order valence-corrected chi connectivity index (χ2v) is 5.59. The molecule has 0 unspecified atom stereocenters. The van der Waals surface area contributed by atoms with Crippen LogP contribution >= 0.6 is 0 Å². The smallest absolute Gasteiger partial charge is 0.195 e. The molecule has 0 saturated heterocycles. The van der Waals surface area contributed by atoms with E-state index >= 15 is 0 Å². The van der Waals surface area contributed by atoms with E-state index in [9.17, 15) is 4.79 Å². The van der Waals surface area contributed by atoms with Gasteiger partial charge in [-0.25, -0.2) is 0 Å². The highest BCUT2D eigenvalue weighted by Crippen LogP contribution is 2.29. The van der Waals surface area contributed by atoms with Crippen molar-refractivity contribution in [3.63, 3.8) is 0 Å². The van der Waals surface area contributed by atoms with Gasteiger partial charge in [-0.3, -0.25) is 9.78 Å². The standard InChI is InChI=1S/C19H18N2O2/c1-12(2)23-17-10-9-14(13-7-5-11-21-18(13)17)19(22)15-6-3-4-8-16(15)20/h3-12H,20H2,1-2H3. The van der Waals surface area contributed by atoms with Crippen LogP contribution in [0, 0.1) is 0 Å². The molecule has 1 heterocycles. The number of ketones is 1. The third-order valence-electron chi connectivity index (χ3n) is 3.55. The molecule has 0 aliphatic rings. The zero-order valence-electron chi connectivity index (χ0n) is 13.1. The van der Waals surface area contributed by atoms with Crippen LogP contribution in [0.15, 0.2) is 54.7 Å². The summed E-state index contributed by atoms with van der Waals surface area (Å²) in [5, 5.41) is 0.763. The number of nitrogen functional groups attached to an aromatic ring is 1. The third kappa shape index (κ3) is 2.88. The van der Waals surface area contributed by atoms with Gasteiger partial charge in [0.25, 0.3) is 0 Å². The first kappa shape index (κ1) is 15.0. The van der Waals surface area contributed by atoms with E-state index in [4.69, 9.17) is 10.5 Å². The number of anilines is 1. The minimum atomic E-state index is -0.114. The predicted octanol–water partition coefficient (Wildman–Crippen LogP) is 3.84. The Morgan fingerprint density at radius 2 is 1.83 bits per heavy atom. The lowest BCUT2D eigenvalue weighted by atomic mass is 9.98. The van der Waals surface area contributed by atoms with Crippen LogP contribution in [0.5, 0.6) is 5.75 Å². The number of fused-ring (bicyclic) bond motifs is 1. The average molecular weight is 306 g/mol. The Balaban J connectivity index is 2.16. The summed E-state index contributed by atoms with van der Waals surface area (Å²) in [4.78, 5) is 17.3. The summed E-state index contributed by atoms with van der Waals surface area (Å²) in [5.74, 6) is 0.561. The largest absolute Gasteiger partial charge is 0.489 e. The van der Waals surface area contributed by atoms with E-state index < -0.39 is 0 Å². The molecule has 0 saturated carbocycles. The number of rotatable bonds is 4. The summed E-state index contributed by atoms with van der Waals surface area (Å²) in [7, 11) is 0. The van der Waals surface area contributed by atoms with Crippen LogP contribution < -0.4 is 10.5 Å². The Kier molecular flexibility index (Phi) is 3.98. The molecule has 3 aromatic rings. The first-order valence-electron chi connectivity index (χ1n) is 7.51. The molecule has 0 atom stereocenters. The molecule has 0 amide bonds. The molecular weight excluding hydrogens is 288 g/mol. The fraction of sp³-hybridized carbons (Fsp3) is 0.158. The molecule has 23 heavy (non-hydrogen) atoms. The van der Waals surface area contributed by atoms with Crippen molar-refractivity contribution in [2.45, 2.75) is 20.0 Å². The number of nitrogens with two attached hydrogens (primary N) is 1. The van der Waals surface area contributed by atoms with E-state index in [0.717, 1.165) is 5.39 Å². The van der Waals surface area contributed by atoms with E-state index in [1.807, 2.05) is 32.0 Å². The highest BCUT2D eigenvalue weighted by molar-refractivity contribution is 6.18. The molecule has 0 bridgehead atoms. The number of carbonyl (C=O) groups excluding carboxylic acids is 1. The first-order valence-corrected chi connectivity index (χ1v) is 7.51. The Bertz CT molecular complexity index is 872. The summed E-state index contributed by atoms with van der Waals surface area (Å²) < 4.78 is 5.79. The zero-order chi connectivity index (χ0) is 16.4. The van der Waals surface area contributed by atoms with E-state index in [1.165, 1.54) is 0 Å². The molecule has 4 heteroatoms. The maximum absolute atomic E-state index is 12.9. The number of carbonyl (C=O) groups is 1. The van der Waals surface area contributed by atoms with Crippen molar-refractivity contribution in [1.29, 1.82) is 0 Å². The van der Waals surface area contributed by atoms with Gasteiger partial charge in [0.1, 0.15) is 11.3 Å². The first-order chi connectivity index (χ1) is 11.1. The summed E-state index contributed by atoms with van der Waals surface area (Å²) in [6, 6.07) is 14.3. The van der Waals surface area contributed by atoms with E-state index in [2.05, 4.69) is 4.98 Å². The number of benzene rings is 2. The van der Waals surface area contributed by atoms with Crippen molar-refractivity contribution in [2.24, 2.45) is 0 Å². The Hall–Kier alpha value is -2.88. The molecule has 2 N–H and O–H groups in total. The highest BCUT2D eigenvalue weighted by atomic mass is 16.5. The lowest BCUT2D eigenvalue weighted by Crippen LogP contribution is -2.09. The Morgan fingerprint density at radius 1 is 1.04 bits per heavy atom. The molecule has 3 rings (SSSR count). The molecule has 0 aliphatic carbocycles. The minimum absolute atomic E-state index is 0.0338. The normalized spacial score (nSPS) is 10.9. The molecule has 1 aromatic heterocycles. The average Bonchev–Trinajstić information content (AvgIpc) is 2.54. The van der Waals surface area contributed by atoms with E-state index in [1.54, 1.807) is 36.5 Å². The van der Waals surface area contributed by atoms with Crippen molar-refractivity contribution in [1.82, 2.24) is 4.98 Å². The summed E-state index contributed by atoms with van der Waals surface area (Å²) in [6.07, 6.45) is 1.73. The van der Waals surface area contributed by atoms with E-state index in [-0.39, 0.29) is 11.9 Å². The second-order valence-electron chi connectivity index (χ2n) is 5.59. The van der Waals surface area contributed by atoms with Crippen molar-refractivity contribution in [2.75, 3.05) is 5.73 Å². The molecule has 2 aromatic carbocycles. The van der Waals surface area contributed by atoms with E-state index in [0.29, 0.717) is 28.1 Å². The van der Waals surface area contributed by atoms with Crippen LogP contribution in [0.1, 0.15) is 29.8 Å². The number of aromatic nitrogens is 1. The van der Waals surface area contributed by atoms with Crippen molar-refractivity contribution < 1.29 is 9.53 Å². The van der Waals surface area contributed by atoms with Gasteiger partial charge in [-0.1, -0.05) is 18.2 Å². The zero-order valence-corrected chi connectivity index (χ0v) is 13.1. The molecule has 0 fully saturated rings. The van der Waals surface area contributed by atoms with Crippen LogP contribution in [0.25, 0.3) is 10.9 Å². The molecular formula is C19H18N2O2. The quantitative estimate of drug-likeness (QED) is 0.587. The fourth-order valence-corrected chi connectivity index (χ4v) is 2.54. The van der Waals surface area contributed by atoms with Crippen LogP contribution in [0.4, 0.5) is 5.69 Å². The van der Waals surface area contributed by atoms with Gasteiger partial charge in [-0.2, -0.15) is 0 Å². The Labute approximate surface area is 134 Å². The second kappa shape index (κ2) is 6.08. The molecule has 4 nitrogen and oxygen atoms in total. The number of nitrogens with zero attached hydrogens (tertiary/aromatic N) is 1. The van der Waals surface area contributed by atoms with Crippen LogP contribution in [0.3, 0.4) is 0 Å². The lowest BCUT2D eigenvalue weighted by Gasteiger charge is -2.14. The van der Waals surface area contributed by atoms with Gasteiger partial charge in [0.05, 0.1) is 6.10 Å². The molecule has 0 spiro atoms. The number of para-hydroxylation sites is 1. The topological polar surface area (TPSA) is 65.2 Å². The van der Waals surface area contributed by atoms with Crippen LogP contribution in [0.2, 0.25) is 0 Å². The van der Waals surface area contributed by atoms with Gasteiger partial charge >= 0.3 is 0 Å². The van der Waals surface area contributed by atoms with Crippen molar-refractivity contribution in [3.05, 3.63) is 65.9 Å². The number of hydrogen-bond donors (Lipinski definition) is 1. The Morgan fingerprint density at radius 3 is 2.57 bits per heavy atom. The highest BCUT2D eigenvalue weighted by Gasteiger charge is 2.17. The number of hydrogen-bond acceptors (Lipinski definition) is 4. The molecule has 0 aliphatic heterocycles. The summed E-state index contributed by atoms with van der Waals surface area (Å²) >= 11 is 0. The fourth-order valence-electron chi connectivity index (χ4n) is 2.54. The summed E-state index contributed by atoms with van der Waals surface area (Å²) in [6.45, 7) is 3.91. The van der Waals surface area contributed by atoms with Gasteiger partial charge < -0.3 is 10.5 Å². The maximum atomic E-state index is 12.9. The van der Waals surface area contributed by atoms with Gasteiger partial charge in [-0.05, 0) is 44.2 Å². The van der Waals surface area contributed by atoms with Crippen molar-refractivity contribution >= 4 is 22.4 Å². The van der Waals surface area contributed by atoms with Gasteiger partial charge in [0, 0.05) is 28.4 Å².